The Morgan fingerprint density at radius 2 is 1.35 bits per heavy atom. The van der Waals surface area contributed by atoms with Crippen LogP contribution in [0.25, 0.3) is 6.08 Å². The predicted octanol–water partition coefficient (Wildman–Crippen LogP) is 9.06. The highest BCUT2D eigenvalue weighted by molar-refractivity contribution is 9.10. The van der Waals surface area contributed by atoms with Gasteiger partial charge in [0.15, 0.2) is 17.3 Å². The molecule has 6 heteroatoms. The Kier molecular flexibility index (Phi) is 10.5. The van der Waals surface area contributed by atoms with Crippen molar-refractivity contribution in [3.05, 3.63) is 52.0 Å². The number of hydrogen-bond donors (Lipinski definition) is 0. The third-order valence-corrected chi connectivity index (χ3v) is 9.29. The fourth-order valence-electron chi connectivity index (χ4n) is 5.73. The van der Waals surface area contributed by atoms with Gasteiger partial charge >= 0.3 is 0 Å². The standard InChI is InChI=1S/C34H43BrO5/c1-37-32-18-24(15-17-31(32)39-23-27-12-13-27)14-16-30(36)29-19-28(38-21-25-8-4-2-5-9-25)20-33(34(29)35)40-22-26-10-6-3-7-11-26/h14-20,25-27H,2-13,21-23H2,1H3/b16-14+. The molecule has 5 rings (SSSR count). The number of hydrogen-bond acceptors (Lipinski definition) is 5. The van der Waals surface area contributed by atoms with E-state index in [-0.39, 0.29) is 5.78 Å². The zero-order chi connectivity index (χ0) is 27.7. The topological polar surface area (TPSA) is 54.0 Å². The zero-order valence-corrected chi connectivity index (χ0v) is 25.4. The van der Waals surface area contributed by atoms with E-state index in [0.717, 1.165) is 17.9 Å². The lowest BCUT2D eigenvalue weighted by Gasteiger charge is -2.23. The van der Waals surface area contributed by atoms with Crippen LogP contribution in [0.5, 0.6) is 23.0 Å². The molecule has 0 saturated heterocycles. The molecule has 3 aliphatic carbocycles. The number of ether oxygens (including phenoxy) is 4. The number of rotatable bonds is 13. The highest BCUT2D eigenvalue weighted by Crippen LogP contribution is 2.37. The van der Waals surface area contributed by atoms with Crippen LogP contribution in [-0.2, 0) is 0 Å². The summed E-state index contributed by atoms with van der Waals surface area (Å²) in [6.07, 6.45) is 18.5. The molecule has 0 spiro atoms. The number of halogens is 1. The van der Waals surface area contributed by atoms with E-state index in [2.05, 4.69) is 15.9 Å². The van der Waals surface area contributed by atoms with Crippen molar-refractivity contribution in [1.82, 2.24) is 0 Å². The van der Waals surface area contributed by atoms with Crippen molar-refractivity contribution >= 4 is 27.8 Å². The Morgan fingerprint density at radius 3 is 1.98 bits per heavy atom. The van der Waals surface area contributed by atoms with Crippen molar-refractivity contribution in [2.45, 2.75) is 77.0 Å². The number of allylic oxidation sites excluding steroid dienone is 1. The molecule has 0 aliphatic heterocycles. The Morgan fingerprint density at radius 1 is 0.750 bits per heavy atom. The van der Waals surface area contributed by atoms with E-state index in [0.29, 0.717) is 58.3 Å². The third-order valence-electron chi connectivity index (χ3n) is 8.47. The van der Waals surface area contributed by atoms with Crippen molar-refractivity contribution in [3.8, 4) is 23.0 Å². The van der Waals surface area contributed by atoms with Crippen LogP contribution in [0.15, 0.2) is 40.9 Å². The second-order valence-corrected chi connectivity index (χ2v) is 12.6. The molecule has 3 saturated carbocycles. The molecule has 0 bridgehead atoms. The molecule has 0 aromatic heterocycles. The van der Waals surface area contributed by atoms with Gasteiger partial charge in [-0.25, -0.2) is 0 Å². The van der Waals surface area contributed by atoms with Crippen molar-refractivity contribution in [3.63, 3.8) is 0 Å². The first-order valence-electron chi connectivity index (χ1n) is 15.2. The fourth-order valence-corrected chi connectivity index (χ4v) is 6.27. The van der Waals surface area contributed by atoms with Crippen LogP contribution in [0, 0.1) is 17.8 Å². The molecule has 0 unspecified atom stereocenters. The number of benzene rings is 2. The van der Waals surface area contributed by atoms with Gasteiger partial charge in [0.25, 0.3) is 0 Å². The van der Waals surface area contributed by atoms with Gasteiger partial charge in [0, 0.05) is 11.6 Å². The highest BCUT2D eigenvalue weighted by atomic mass is 79.9. The maximum absolute atomic E-state index is 13.5. The van der Waals surface area contributed by atoms with Crippen LogP contribution in [0.1, 0.15) is 93.0 Å². The number of methoxy groups -OCH3 is 1. The molecule has 3 aliphatic rings. The highest BCUT2D eigenvalue weighted by Gasteiger charge is 2.23. The summed E-state index contributed by atoms with van der Waals surface area (Å²) in [6.45, 7) is 2.08. The first-order valence-corrected chi connectivity index (χ1v) is 16.0. The van der Waals surface area contributed by atoms with Gasteiger partial charge in [-0.3, -0.25) is 4.79 Å². The van der Waals surface area contributed by atoms with Gasteiger partial charge in [-0.05, 0) is 102 Å². The third kappa shape index (κ3) is 8.28. The first kappa shape index (κ1) is 29.0. The summed E-state index contributed by atoms with van der Waals surface area (Å²) in [5.74, 6) is 4.50. The Labute approximate surface area is 247 Å². The zero-order valence-electron chi connectivity index (χ0n) is 23.8. The normalized spacial score (nSPS) is 18.6. The molecular weight excluding hydrogens is 568 g/mol. The second-order valence-electron chi connectivity index (χ2n) is 11.8. The van der Waals surface area contributed by atoms with Crippen LogP contribution in [0.3, 0.4) is 0 Å². The Bertz CT molecular complexity index is 1160. The Hall–Kier alpha value is -2.47. The van der Waals surface area contributed by atoms with E-state index in [9.17, 15) is 4.79 Å². The van der Waals surface area contributed by atoms with Crippen LogP contribution in [-0.4, -0.2) is 32.7 Å². The fraction of sp³-hybridized carbons (Fsp3) is 0.559. The minimum absolute atomic E-state index is 0.106. The monoisotopic (exact) mass is 610 g/mol. The number of carbonyl (C=O) groups is 1. The predicted molar refractivity (Wildman–Crippen MR) is 163 cm³/mol. The van der Waals surface area contributed by atoms with Crippen molar-refractivity contribution in [1.29, 1.82) is 0 Å². The van der Waals surface area contributed by atoms with E-state index in [1.54, 1.807) is 13.2 Å². The largest absolute Gasteiger partial charge is 0.493 e. The van der Waals surface area contributed by atoms with Gasteiger partial charge in [-0.2, -0.15) is 0 Å². The Balaban J connectivity index is 1.31. The molecule has 3 fully saturated rings. The molecule has 0 N–H and O–H groups in total. The van der Waals surface area contributed by atoms with Gasteiger partial charge < -0.3 is 18.9 Å². The van der Waals surface area contributed by atoms with Crippen molar-refractivity contribution in [2.24, 2.45) is 17.8 Å². The maximum atomic E-state index is 13.5. The SMILES string of the molecule is COc1cc(/C=C/C(=O)c2cc(OCC3CCCCC3)cc(OCC3CCCCC3)c2Br)ccc1OCC1CC1. The van der Waals surface area contributed by atoms with E-state index in [4.69, 9.17) is 18.9 Å². The molecule has 5 nitrogen and oxygen atoms in total. The van der Waals surface area contributed by atoms with Gasteiger partial charge in [-0.15, -0.1) is 0 Å². The van der Waals surface area contributed by atoms with Crippen LogP contribution < -0.4 is 18.9 Å². The second kappa shape index (κ2) is 14.4. The van der Waals surface area contributed by atoms with E-state index >= 15 is 0 Å². The lowest BCUT2D eigenvalue weighted by molar-refractivity contribution is 0.104. The van der Waals surface area contributed by atoms with E-state index in [1.807, 2.05) is 36.4 Å². The molecule has 216 valence electrons. The number of ketones is 1. The van der Waals surface area contributed by atoms with Crippen LogP contribution in [0.4, 0.5) is 0 Å². The summed E-state index contributed by atoms with van der Waals surface area (Å²) >= 11 is 3.69. The van der Waals surface area contributed by atoms with Crippen LogP contribution in [0.2, 0.25) is 0 Å². The van der Waals surface area contributed by atoms with Gasteiger partial charge in [0.05, 0.1) is 31.4 Å². The molecule has 2 aromatic rings. The lowest BCUT2D eigenvalue weighted by Crippen LogP contribution is -2.17. The van der Waals surface area contributed by atoms with Crippen LogP contribution >= 0.6 is 15.9 Å². The van der Waals surface area contributed by atoms with E-state index in [1.165, 1.54) is 77.0 Å². The molecular formula is C34H43BrO5. The number of carbonyl (C=O) groups excluding carboxylic acids is 1. The first-order chi connectivity index (χ1) is 19.6. The summed E-state index contributed by atoms with van der Waals surface area (Å²) in [5.41, 5.74) is 1.42. The van der Waals surface area contributed by atoms with Gasteiger partial charge in [0.1, 0.15) is 11.5 Å². The quantitative estimate of drug-likeness (QED) is 0.167. The average Bonchev–Trinajstić information content (AvgIpc) is 3.83. The van der Waals surface area contributed by atoms with Gasteiger partial charge in [-0.1, -0.05) is 50.7 Å². The summed E-state index contributed by atoms with van der Waals surface area (Å²) in [7, 11) is 1.64. The lowest BCUT2D eigenvalue weighted by atomic mass is 9.90. The summed E-state index contributed by atoms with van der Waals surface area (Å²) in [5, 5.41) is 0. The van der Waals surface area contributed by atoms with Crippen molar-refractivity contribution < 1.29 is 23.7 Å². The molecule has 0 heterocycles. The molecule has 0 atom stereocenters. The minimum Gasteiger partial charge on any atom is -0.493 e. The molecule has 40 heavy (non-hydrogen) atoms. The summed E-state index contributed by atoms with van der Waals surface area (Å²) < 4.78 is 24.7. The maximum Gasteiger partial charge on any atom is 0.187 e. The summed E-state index contributed by atoms with van der Waals surface area (Å²) in [4.78, 5) is 13.5. The smallest absolute Gasteiger partial charge is 0.187 e. The van der Waals surface area contributed by atoms with Gasteiger partial charge in [0.2, 0.25) is 0 Å². The molecule has 0 amide bonds. The molecule has 2 aromatic carbocycles. The van der Waals surface area contributed by atoms with E-state index < -0.39 is 0 Å². The minimum atomic E-state index is -0.106. The average molecular weight is 612 g/mol. The molecule has 0 radical (unpaired) electrons. The summed E-state index contributed by atoms with van der Waals surface area (Å²) in [6, 6.07) is 9.57. The van der Waals surface area contributed by atoms with Crippen molar-refractivity contribution in [2.75, 3.05) is 26.9 Å².